The Morgan fingerprint density at radius 1 is 1.14 bits per heavy atom. The van der Waals surface area contributed by atoms with E-state index in [-0.39, 0.29) is 16.8 Å². The zero-order valence-corrected chi connectivity index (χ0v) is 17.7. The number of hydrogen-bond acceptors (Lipinski definition) is 4. The van der Waals surface area contributed by atoms with Gasteiger partial charge in [0.1, 0.15) is 30.9 Å². The molecule has 2 aliphatic heterocycles. The maximum atomic E-state index is 14.5. The summed E-state index contributed by atoms with van der Waals surface area (Å²) in [6.07, 6.45) is 0.708. The van der Waals surface area contributed by atoms with E-state index in [1.54, 1.807) is 6.07 Å². The number of fused-ring (bicyclic) bond motifs is 3. The van der Waals surface area contributed by atoms with Crippen LogP contribution in [0.1, 0.15) is 17.2 Å². The highest BCUT2D eigenvalue weighted by atomic mass is 28.3. The number of amides is 1. The molecule has 0 fully saturated rings. The van der Waals surface area contributed by atoms with Crippen LogP contribution in [0.3, 0.4) is 0 Å². The SMILES string of the molecule is C[Si](C)(C)c1c(F)cc(NC(=O)[C@@H]2NCCc3c2ccc2c3OCCO2)cc1F. The fourth-order valence-corrected chi connectivity index (χ4v) is 5.56. The number of rotatable bonds is 3. The van der Waals surface area contributed by atoms with Crippen LogP contribution < -0.4 is 25.3 Å². The summed E-state index contributed by atoms with van der Waals surface area (Å²) >= 11 is 0. The minimum absolute atomic E-state index is 0.110. The zero-order valence-electron chi connectivity index (χ0n) is 16.7. The third kappa shape index (κ3) is 3.74. The molecule has 0 unspecified atom stereocenters. The predicted molar refractivity (Wildman–Crippen MR) is 110 cm³/mol. The van der Waals surface area contributed by atoms with Crippen molar-refractivity contribution in [3.05, 3.63) is 47.0 Å². The van der Waals surface area contributed by atoms with Crippen molar-refractivity contribution in [2.45, 2.75) is 32.1 Å². The van der Waals surface area contributed by atoms with Crippen molar-refractivity contribution in [2.24, 2.45) is 0 Å². The van der Waals surface area contributed by atoms with Gasteiger partial charge in [-0.3, -0.25) is 4.79 Å². The minimum Gasteiger partial charge on any atom is -0.486 e. The van der Waals surface area contributed by atoms with Crippen molar-refractivity contribution in [1.82, 2.24) is 5.32 Å². The van der Waals surface area contributed by atoms with Crippen LogP contribution >= 0.6 is 0 Å². The second kappa shape index (κ2) is 7.42. The van der Waals surface area contributed by atoms with Crippen LogP contribution in [-0.2, 0) is 11.2 Å². The predicted octanol–water partition coefficient (Wildman–Crippen LogP) is 3.11. The maximum absolute atomic E-state index is 14.5. The first kappa shape index (κ1) is 19.8. The van der Waals surface area contributed by atoms with Gasteiger partial charge in [0.2, 0.25) is 5.91 Å². The Balaban J connectivity index is 1.61. The Labute approximate surface area is 169 Å². The van der Waals surface area contributed by atoms with Crippen molar-refractivity contribution in [3.8, 4) is 11.5 Å². The number of anilines is 1. The van der Waals surface area contributed by atoms with E-state index in [1.165, 1.54) is 12.1 Å². The Morgan fingerprint density at radius 2 is 1.83 bits per heavy atom. The molecular weight excluding hydrogens is 394 g/mol. The highest BCUT2D eigenvalue weighted by Crippen LogP contribution is 2.40. The van der Waals surface area contributed by atoms with Crippen molar-refractivity contribution >= 4 is 24.9 Å². The molecule has 0 bridgehead atoms. The topological polar surface area (TPSA) is 59.6 Å². The lowest BCUT2D eigenvalue weighted by atomic mass is 9.92. The smallest absolute Gasteiger partial charge is 0.246 e. The van der Waals surface area contributed by atoms with E-state index in [2.05, 4.69) is 10.6 Å². The molecule has 154 valence electrons. The highest BCUT2D eigenvalue weighted by Gasteiger charge is 2.31. The van der Waals surface area contributed by atoms with Gasteiger partial charge in [0.15, 0.2) is 11.5 Å². The Kier molecular flexibility index (Phi) is 5.08. The largest absolute Gasteiger partial charge is 0.486 e. The third-order valence-corrected chi connectivity index (χ3v) is 7.18. The van der Waals surface area contributed by atoms with Crippen LogP contribution in [0.2, 0.25) is 19.6 Å². The fourth-order valence-electron chi connectivity index (χ4n) is 3.98. The molecule has 5 nitrogen and oxygen atoms in total. The van der Waals surface area contributed by atoms with Crippen LogP contribution in [0.25, 0.3) is 0 Å². The lowest BCUT2D eigenvalue weighted by Gasteiger charge is -2.30. The average molecular weight is 419 g/mol. The molecule has 1 amide bonds. The molecule has 0 spiro atoms. The van der Waals surface area contributed by atoms with Gasteiger partial charge in [-0.1, -0.05) is 25.7 Å². The van der Waals surface area contributed by atoms with Crippen molar-refractivity contribution in [3.63, 3.8) is 0 Å². The molecule has 2 N–H and O–H groups in total. The molecular formula is C21H24F2N2O3Si. The standard InChI is InChI=1S/C21H24F2N2O3Si/c1-29(2,3)20-15(22)10-12(11-16(20)23)25-21(26)18-13-4-5-17-19(28-9-8-27-17)14(13)6-7-24-18/h4-5,10-11,18,24H,6-9H2,1-3H3,(H,25,26)/t18-/m1/s1. The summed E-state index contributed by atoms with van der Waals surface area (Å²) < 4.78 is 40.4. The van der Waals surface area contributed by atoms with E-state index in [9.17, 15) is 13.6 Å². The van der Waals surface area contributed by atoms with Gasteiger partial charge >= 0.3 is 0 Å². The highest BCUT2D eigenvalue weighted by molar-refractivity contribution is 6.88. The van der Waals surface area contributed by atoms with Gasteiger partial charge in [-0.15, -0.1) is 0 Å². The number of ether oxygens (including phenoxy) is 2. The summed E-state index contributed by atoms with van der Waals surface area (Å²) in [5.74, 6) is -0.235. The quantitative estimate of drug-likeness (QED) is 0.752. The number of benzene rings is 2. The van der Waals surface area contributed by atoms with Crippen molar-refractivity contribution in [1.29, 1.82) is 0 Å². The fraction of sp³-hybridized carbons (Fsp3) is 0.381. The van der Waals surface area contributed by atoms with Gasteiger partial charge in [0.05, 0.1) is 8.07 Å². The summed E-state index contributed by atoms with van der Waals surface area (Å²) in [6.45, 7) is 7.18. The summed E-state index contributed by atoms with van der Waals surface area (Å²) in [5, 5.41) is 5.97. The van der Waals surface area contributed by atoms with Crippen molar-refractivity contribution in [2.75, 3.05) is 25.1 Å². The molecule has 0 aromatic heterocycles. The molecule has 0 saturated heterocycles. The first-order valence-corrected chi connectivity index (χ1v) is 13.2. The Bertz CT molecular complexity index is 952. The van der Waals surface area contributed by atoms with E-state index in [0.717, 1.165) is 11.1 Å². The second-order valence-corrected chi connectivity index (χ2v) is 13.3. The van der Waals surface area contributed by atoms with Gasteiger partial charge < -0.3 is 20.1 Å². The van der Waals surface area contributed by atoms with Crippen molar-refractivity contribution < 1.29 is 23.0 Å². The zero-order chi connectivity index (χ0) is 20.8. The molecule has 8 heteroatoms. The molecule has 1 atom stereocenters. The van der Waals surface area contributed by atoms with Crippen LogP contribution in [0.4, 0.5) is 14.5 Å². The molecule has 0 aliphatic carbocycles. The van der Waals surface area contributed by atoms with Gasteiger partial charge in [0.25, 0.3) is 0 Å². The monoisotopic (exact) mass is 418 g/mol. The van der Waals surface area contributed by atoms with Gasteiger partial charge in [-0.05, 0) is 30.2 Å². The van der Waals surface area contributed by atoms with E-state index < -0.39 is 25.8 Å². The van der Waals surface area contributed by atoms with Crippen LogP contribution in [0.5, 0.6) is 11.5 Å². The first-order valence-electron chi connectivity index (χ1n) is 9.71. The summed E-state index contributed by atoms with van der Waals surface area (Å²) in [4.78, 5) is 12.9. The third-order valence-electron chi connectivity index (χ3n) is 5.20. The lowest BCUT2D eigenvalue weighted by molar-refractivity contribution is -0.118. The Hall–Kier alpha value is -2.45. The van der Waals surface area contributed by atoms with E-state index in [4.69, 9.17) is 9.47 Å². The Morgan fingerprint density at radius 3 is 2.52 bits per heavy atom. The average Bonchev–Trinajstić information content (AvgIpc) is 2.65. The summed E-state index contributed by atoms with van der Waals surface area (Å²) in [7, 11) is -2.18. The van der Waals surface area contributed by atoms with Crippen LogP contribution in [0.15, 0.2) is 24.3 Å². The number of carbonyl (C=O) groups is 1. The number of hydrogen-bond donors (Lipinski definition) is 2. The van der Waals surface area contributed by atoms with Gasteiger partial charge in [0, 0.05) is 23.0 Å². The minimum atomic E-state index is -2.18. The maximum Gasteiger partial charge on any atom is 0.246 e. The first-order chi connectivity index (χ1) is 13.8. The summed E-state index contributed by atoms with van der Waals surface area (Å²) in [5.41, 5.74) is 1.84. The summed E-state index contributed by atoms with van der Waals surface area (Å²) in [6, 6.07) is 5.39. The molecule has 0 saturated carbocycles. The van der Waals surface area contributed by atoms with Gasteiger partial charge in [-0.25, -0.2) is 8.78 Å². The van der Waals surface area contributed by atoms with E-state index in [1.807, 2.05) is 25.7 Å². The molecule has 0 radical (unpaired) electrons. The molecule has 2 aromatic carbocycles. The van der Waals surface area contributed by atoms with Gasteiger partial charge in [-0.2, -0.15) is 0 Å². The molecule has 2 aliphatic rings. The number of carbonyl (C=O) groups excluding carboxylic acids is 1. The molecule has 2 heterocycles. The molecule has 29 heavy (non-hydrogen) atoms. The lowest BCUT2D eigenvalue weighted by Crippen LogP contribution is -2.42. The van der Waals surface area contributed by atoms with Crippen LogP contribution in [-0.4, -0.2) is 33.7 Å². The molecule has 4 rings (SSSR count). The normalized spacial score (nSPS) is 18.2. The van der Waals surface area contributed by atoms with E-state index >= 15 is 0 Å². The van der Waals surface area contributed by atoms with E-state index in [0.29, 0.717) is 37.7 Å². The van der Waals surface area contributed by atoms with Crippen LogP contribution in [0, 0.1) is 11.6 Å². The number of nitrogens with one attached hydrogen (secondary N) is 2. The number of halogens is 2. The molecule has 2 aromatic rings. The second-order valence-electron chi connectivity index (χ2n) is 8.35.